The Labute approximate surface area is 141 Å². The Morgan fingerprint density at radius 3 is 3.08 bits per heavy atom. The van der Waals surface area contributed by atoms with Crippen molar-refractivity contribution in [3.8, 4) is 0 Å². The van der Waals surface area contributed by atoms with Gasteiger partial charge in [0.1, 0.15) is 5.82 Å². The summed E-state index contributed by atoms with van der Waals surface area (Å²) in [6.45, 7) is 2.02. The van der Waals surface area contributed by atoms with Crippen molar-refractivity contribution < 1.29 is 0 Å². The third-order valence-electron chi connectivity index (χ3n) is 5.41. The highest BCUT2D eigenvalue weighted by atomic mass is 15.2. The Balaban J connectivity index is 1.42. The first-order valence-corrected chi connectivity index (χ1v) is 8.96. The average molecular weight is 322 g/mol. The fraction of sp³-hybridized carbons (Fsp3) is 0.500. The van der Waals surface area contributed by atoms with Crippen LogP contribution in [-0.2, 0) is 19.4 Å². The lowest BCUT2D eigenvalue weighted by Gasteiger charge is -2.22. The highest BCUT2D eigenvalue weighted by molar-refractivity contribution is 5.36. The van der Waals surface area contributed by atoms with E-state index in [1.54, 1.807) is 0 Å². The Morgan fingerprint density at radius 1 is 1.17 bits per heavy atom. The topological polar surface area (TPSA) is 62.1 Å². The van der Waals surface area contributed by atoms with Gasteiger partial charge in [0.25, 0.3) is 0 Å². The van der Waals surface area contributed by atoms with Crippen molar-refractivity contribution >= 4 is 5.65 Å². The van der Waals surface area contributed by atoms with Crippen molar-refractivity contribution in [3.63, 3.8) is 0 Å². The number of H-pyrrole nitrogens is 1. The SMILES string of the molecule is c1cn2c(CN3CCC[C@H]3c3nc4c([nH]3)CCCC4)cnc2cn1. The monoisotopic (exact) mass is 322 g/mol. The Kier molecular flexibility index (Phi) is 3.36. The van der Waals surface area contributed by atoms with Gasteiger partial charge in [-0.1, -0.05) is 0 Å². The summed E-state index contributed by atoms with van der Waals surface area (Å²) in [4.78, 5) is 19.7. The molecule has 0 amide bonds. The Bertz CT molecular complexity index is 840. The summed E-state index contributed by atoms with van der Waals surface area (Å²) >= 11 is 0. The number of rotatable bonds is 3. The van der Waals surface area contributed by atoms with E-state index in [1.165, 1.54) is 48.6 Å². The molecule has 124 valence electrons. The van der Waals surface area contributed by atoms with Gasteiger partial charge >= 0.3 is 0 Å². The molecule has 1 saturated heterocycles. The molecule has 0 bridgehead atoms. The second-order valence-corrected chi connectivity index (χ2v) is 6.94. The zero-order chi connectivity index (χ0) is 15.9. The molecule has 1 aliphatic carbocycles. The molecule has 5 rings (SSSR count). The lowest BCUT2D eigenvalue weighted by Crippen LogP contribution is -2.24. The van der Waals surface area contributed by atoms with Crippen LogP contribution in [0.2, 0.25) is 0 Å². The van der Waals surface area contributed by atoms with Crippen LogP contribution in [0.4, 0.5) is 0 Å². The maximum Gasteiger partial charge on any atom is 0.155 e. The summed E-state index contributed by atoms with van der Waals surface area (Å²) in [5.74, 6) is 1.18. The number of nitrogens with zero attached hydrogens (tertiary/aromatic N) is 5. The van der Waals surface area contributed by atoms with Crippen molar-refractivity contribution in [1.82, 2.24) is 29.2 Å². The maximum atomic E-state index is 4.94. The van der Waals surface area contributed by atoms with Crippen molar-refractivity contribution in [2.24, 2.45) is 0 Å². The number of likely N-dealkylation sites (tertiary alicyclic amines) is 1. The summed E-state index contributed by atoms with van der Waals surface area (Å²) in [7, 11) is 0. The normalized spacial score (nSPS) is 21.4. The molecule has 3 aromatic heterocycles. The second kappa shape index (κ2) is 5.70. The minimum Gasteiger partial charge on any atom is -0.344 e. The van der Waals surface area contributed by atoms with Crippen molar-refractivity contribution in [2.75, 3.05) is 6.54 Å². The fourth-order valence-electron chi connectivity index (χ4n) is 4.18. The van der Waals surface area contributed by atoms with E-state index in [0.29, 0.717) is 6.04 Å². The van der Waals surface area contributed by atoms with Crippen LogP contribution in [0.3, 0.4) is 0 Å². The number of fused-ring (bicyclic) bond motifs is 2. The quantitative estimate of drug-likeness (QED) is 0.805. The molecule has 6 heteroatoms. The van der Waals surface area contributed by atoms with Crippen molar-refractivity contribution in [2.45, 2.75) is 51.1 Å². The van der Waals surface area contributed by atoms with E-state index in [4.69, 9.17) is 4.98 Å². The van der Waals surface area contributed by atoms with Crippen LogP contribution in [0, 0.1) is 0 Å². The number of hydrogen-bond donors (Lipinski definition) is 1. The van der Waals surface area contributed by atoms with E-state index in [-0.39, 0.29) is 0 Å². The van der Waals surface area contributed by atoms with Gasteiger partial charge in [-0.15, -0.1) is 0 Å². The van der Waals surface area contributed by atoms with Gasteiger partial charge in [-0.25, -0.2) is 9.97 Å². The van der Waals surface area contributed by atoms with E-state index < -0.39 is 0 Å². The summed E-state index contributed by atoms with van der Waals surface area (Å²) < 4.78 is 2.13. The number of aromatic nitrogens is 5. The third kappa shape index (κ3) is 2.33. The fourth-order valence-corrected chi connectivity index (χ4v) is 4.18. The van der Waals surface area contributed by atoms with Gasteiger partial charge in [0.05, 0.1) is 29.8 Å². The molecule has 0 aromatic carbocycles. The molecule has 1 N–H and O–H groups in total. The van der Waals surface area contributed by atoms with Crippen LogP contribution in [0.5, 0.6) is 0 Å². The predicted molar refractivity (Wildman–Crippen MR) is 90.6 cm³/mol. The first-order chi connectivity index (χ1) is 11.9. The van der Waals surface area contributed by atoms with Crippen LogP contribution in [0.25, 0.3) is 5.65 Å². The maximum absolute atomic E-state index is 4.94. The molecule has 0 radical (unpaired) electrons. The third-order valence-corrected chi connectivity index (χ3v) is 5.41. The largest absolute Gasteiger partial charge is 0.344 e. The van der Waals surface area contributed by atoms with Crippen LogP contribution >= 0.6 is 0 Å². The van der Waals surface area contributed by atoms with E-state index in [1.807, 2.05) is 24.8 Å². The molecule has 4 heterocycles. The van der Waals surface area contributed by atoms with Gasteiger partial charge in [-0.3, -0.25) is 14.3 Å². The van der Waals surface area contributed by atoms with Crippen LogP contribution in [0.1, 0.15) is 54.6 Å². The number of hydrogen-bond acceptors (Lipinski definition) is 4. The lowest BCUT2D eigenvalue weighted by atomic mass is 10.0. The van der Waals surface area contributed by atoms with E-state index in [9.17, 15) is 0 Å². The lowest BCUT2D eigenvalue weighted by molar-refractivity contribution is 0.237. The molecule has 1 aliphatic heterocycles. The Morgan fingerprint density at radius 2 is 2.12 bits per heavy atom. The van der Waals surface area contributed by atoms with Gasteiger partial charge in [0.15, 0.2) is 5.65 Å². The summed E-state index contributed by atoms with van der Waals surface area (Å²) in [6.07, 6.45) is 14.9. The molecule has 1 fully saturated rings. The van der Waals surface area contributed by atoms with E-state index in [2.05, 4.69) is 24.3 Å². The zero-order valence-electron chi connectivity index (χ0n) is 13.8. The molecular weight excluding hydrogens is 300 g/mol. The summed E-state index contributed by atoms with van der Waals surface area (Å²) in [6, 6.07) is 0.406. The van der Waals surface area contributed by atoms with Gasteiger partial charge in [0, 0.05) is 24.6 Å². The zero-order valence-corrected chi connectivity index (χ0v) is 13.8. The molecule has 6 nitrogen and oxygen atoms in total. The first-order valence-electron chi connectivity index (χ1n) is 8.96. The van der Waals surface area contributed by atoms with Crippen molar-refractivity contribution in [3.05, 3.63) is 47.7 Å². The predicted octanol–water partition coefficient (Wildman–Crippen LogP) is 2.67. The van der Waals surface area contributed by atoms with Gasteiger partial charge in [-0.05, 0) is 45.1 Å². The van der Waals surface area contributed by atoms with Crippen LogP contribution in [0.15, 0.2) is 24.8 Å². The van der Waals surface area contributed by atoms with Gasteiger partial charge < -0.3 is 4.98 Å². The van der Waals surface area contributed by atoms with Crippen LogP contribution in [-0.4, -0.2) is 35.8 Å². The summed E-state index contributed by atoms with van der Waals surface area (Å²) in [5.41, 5.74) is 4.82. The average Bonchev–Trinajstić information content (AvgIpc) is 3.33. The molecule has 0 unspecified atom stereocenters. The van der Waals surface area contributed by atoms with Crippen LogP contribution < -0.4 is 0 Å². The number of aromatic amines is 1. The minimum absolute atomic E-state index is 0.406. The van der Waals surface area contributed by atoms with Gasteiger partial charge in [0.2, 0.25) is 0 Å². The molecule has 1 atom stereocenters. The second-order valence-electron chi connectivity index (χ2n) is 6.94. The van der Waals surface area contributed by atoms with Gasteiger partial charge in [-0.2, -0.15) is 0 Å². The van der Waals surface area contributed by atoms with E-state index >= 15 is 0 Å². The molecular formula is C18H22N6. The molecule has 0 spiro atoms. The number of imidazole rings is 2. The van der Waals surface area contributed by atoms with E-state index in [0.717, 1.165) is 31.6 Å². The molecule has 2 aliphatic rings. The number of nitrogens with one attached hydrogen (secondary N) is 1. The minimum atomic E-state index is 0.406. The molecule has 3 aromatic rings. The first kappa shape index (κ1) is 14.2. The smallest absolute Gasteiger partial charge is 0.155 e. The number of aryl methyl sites for hydroxylation is 2. The highest BCUT2D eigenvalue weighted by Crippen LogP contribution is 2.33. The highest BCUT2D eigenvalue weighted by Gasteiger charge is 2.30. The standard InChI is InChI=1S/C18H22N6/c1-2-5-15-14(4-1)21-18(22-15)16-6-3-8-23(16)12-13-10-20-17-11-19-7-9-24(13)17/h7,9-11,16H,1-6,8,12H2,(H,21,22)/t16-/m0/s1. The van der Waals surface area contributed by atoms with Crippen molar-refractivity contribution in [1.29, 1.82) is 0 Å². The Hall–Kier alpha value is -2.21. The molecule has 0 saturated carbocycles. The molecule has 24 heavy (non-hydrogen) atoms. The summed E-state index contributed by atoms with van der Waals surface area (Å²) in [5, 5.41) is 0.